The number of halogens is 1. The van der Waals surface area contributed by atoms with Crippen LogP contribution in [0.2, 0.25) is 5.28 Å². The van der Waals surface area contributed by atoms with E-state index in [0.717, 1.165) is 13.1 Å². The smallest absolute Gasteiger partial charge is 0.231 e. The molecule has 3 heterocycles. The van der Waals surface area contributed by atoms with Gasteiger partial charge in [-0.25, -0.2) is 0 Å². The first-order chi connectivity index (χ1) is 10.3. The maximum Gasteiger partial charge on any atom is 0.231 e. The molecule has 2 aromatic rings. The average Bonchev–Trinajstić information content (AvgIpc) is 3.01. The Balaban J connectivity index is 1.63. The first kappa shape index (κ1) is 14.0. The SMILES string of the molecule is Clc1nc(NCCc2ncon2)nc(N2CCOCC2)n1. The zero-order valence-electron chi connectivity index (χ0n) is 11.2. The minimum atomic E-state index is 0.161. The van der Waals surface area contributed by atoms with Crippen LogP contribution in [0.3, 0.4) is 0 Å². The Bertz CT molecular complexity index is 574. The molecule has 3 rings (SSSR count). The number of hydrogen-bond donors (Lipinski definition) is 1. The number of morpholine rings is 1. The molecule has 1 N–H and O–H groups in total. The van der Waals surface area contributed by atoms with Crippen molar-refractivity contribution >= 4 is 23.5 Å². The van der Waals surface area contributed by atoms with Gasteiger partial charge in [-0.1, -0.05) is 5.16 Å². The molecule has 0 bridgehead atoms. The Hall–Kier alpha value is -2.00. The summed E-state index contributed by atoms with van der Waals surface area (Å²) in [6.07, 6.45) is 1.90. The van der Waals surface area contributed by atoms with E-state index < -0.39 is 0 Å². The van der Waals surface area contributed by atoms with E-state index in [1.54, 1.807) is 0 Å². The topological polar surface area (TPSA) is 102 Å². The van der Waals surface area contributed by atoms with Gasteiger partial charge in [0.05, 0.1) is 13.2 Å². The zero-order chi connectivity index (χ0) is 14.5. The van der Waals surface area contributed by atoms with E-state index in [2.05, 4.69) is 34.9 Å². The van der Waals surface area contributed by atoms with Crippen molar-refractivity contribution in [3.8, 4) is 0 Å². The van der Waals surface area contributed by atoms with Crippen molar-refractivity contribution in [2.75, 3.05) is 43.1 Å². The van der Waals surface area contributed by atoms with Crippen LogP contribution in [-0.4, -0.2) is 57.9 Å². The highest BCUT2D eigenvalue weighted by molar-refractivity contribution is 6.28. The molecule has 0 unspecified atom stereocenters. The van der Waals surface area contributed by atoms with Crippen LogP contribution < -0.4 is 10.2 Å². The number of ether oxygens (including phenoxy) is 1. The molecule has 0 aliphatic carbocycles. The van der Waals surface area contributed by atoms with Crippen LogP contribution in [0, 0.1) is 0 Å². The zero-order valence-corrected chi connectivity index (χ0v) is 12.0. The minimum absolute atomic E-state index is 0.161. The molecule has 0 saturated carbocycles. The fraction of sp³-hybridized carbons (Fsp3) is 0.545. The van der Waals surface area contributed by atoms with Crippen LogP contribution in [0.15, 0.2) is 10.9 Å². The van der Waals surface area contributed by atoms with Gasteiger partial charge in [-0.3, -0.25) is 0 Å². The van der Waals surface area contributed by atoms with Crippen molar-refractivity contribution < 1.29 is 9.26 Å². The summed E-state index contributed by atoms with van der Waals surface area (Å²) in [6, 6.07) is 0. The highest BCUT2D eigenvalue weighted by atomic mass is 35.5. The average molecular weight is 312 g/mol. The number of nitrogens with one attached hydrogen (secondary N) is 1. The summed E-state index contributed by atoms with van der Waals surface area (Å²) in [4.78, 5) is 18.5. The summed E-state index contributed by atoms with van der Waals surface area (Å²) in [6.45, 7) is 3.36. The lowest BCUT2D eigenvalue weighted by atomic mass is 10.4. The molecule has 112 valence electrons. The van der Waals surface area contributed by atoms with Crippen molar-refractivity contribution in [1.29, 1.82) is 0 Å². The third kappa shape index (κ3) is 3.76. The van der Waals surface area contributed by atoms with Gasteiger partial charge in [0.25, 0.3) is 0 Å². The second kappa shape index (κ2) is 6.64. The third-order valence-electron chi connectivity index (χ3n) is 2.93. The van der Waals surface area contributed by atoms with E-state index in [4.69, 9.17) is 16.3 Å². The van der Waals surface area contributed by atoms with Gasteiger partial charge in [-0.05, 0) is 11.6 Å². The van der Waals surface area contributed by atoms with E-state index in [0.29, 0.717) is 43.9 Å². The van der Waals surface area contributed by atoms with E-state index in [1.807, 2.05) is 4.90 Å². The van der Waals surface area contributed by atoms with Crippen LogP contribution >= 0.6 is 11.6 Å². The first-order valence-electron chi connectivity index (χ1n) is 6.54. The molecular weight excluding hydrogens is 298 g/mol. The van der Waals surface area contributed by atoms with Crippen LogP contribution in [0.5, 0.6) is 0 Å². The van der Waals surface area contributed by atoms with Gasteiger partial charge in [-0.2, -0.15) is 19.9 Å². The highest BCUT2D eigenvalue weighted by Crippen LogP contribution is 2.14. The number of rotatable bonds is 5. The fourth-order valence-corrected chi connectivity index (χ4v) is 2.07. The molecule has 9 nitrogen and oxygen atoms in total. The van der Waals surface area contributed by atoms with Gasteiger partial charge in [0.2, 0.25) is 23.6 Å². The Labute approximate surface area is 125 Å². The van der Waals surface area contributed by atoms with Crippen molar-refractivity contribution in [3.05, 3.63) is 17.5 Å². The summed E-state index contributed by atoms with van der Waals surface area (Å²) in [5.74, 6) is 1.61. The van der Waals surface area contributed by atoms with Crippen LogP contribution in [0.1, 0.15) is 5.82 Å². The molecule has 2 aromatic heterocycles. The molecule has 21 heavy (non-hydrogen) atoms. The Morgan fingerprint density at radius 2 is 2.10 bits per heavy atom. The molecule has 10 heteroatoms. The molecule has 1 saturated heterocycles. The largest absolute Gasteiger partial charge is 0.378 e. The van der Waals surface area contributed by atoms with Crippen molar-refractivity contribution in [2.45, 2.75) is 6.42 Å². The quantitative estimate of drug-likeness (QED) is 0.840. The molecule has 1 aliphatic heterocycles. The summed E-state index contributed by atoms with van der Waals surface area (Å²) >= 11 is 5.95. The van der Waals surface area contributed by atoms with E-state index in [9.17, 15) is 0 Å². The predicted molar refractivity (Wildman–Crippen MR) is 74.4 cm³/mol. The van der Waals surface area contributed by atoms with Gasteiger partial charge in [0, 0.05) is 26.1 Å². The fourth-order valence-electron chi connectivity index (χ4n) is 1.91. The Kier molecular flexibility index (Phi) is 4.41. The van der Waals surface area contributed by atoms with Gasteiger partial charge in [0.1, 0.15) is 0 Å². The highest BCUT2D eigenvalue weighted by Gasteiger charge is 2.16. The second-order valence-electron chi connectivity index (χ2n) is 4.35. The monoisotopic (exact) mass is 311 g/mol. The second-order valence-corrected chi connectivity index (χ2v) is 4.69. The van der Waals surface area contributed by atoms with E-state index >= 15 is 0 Å². The molecule has 1 aliphatic rings. The standard InChI is InChI=1S/C11H14ClN7O2/c12-9-15-10(13-2-1-8-14-7-21-18-8)17-11(16-9)19-3-5-20-6-4-19/h7H,1-6H2,(H,13,15,16,17). The van der Waals surface area contributed by atoms with Gasteiger partial charge in [-0.15, -0.1) is 0 Å². The van der Waals surface area contributed by atoms with Crippen molar-refractivity contribution in [3.63, 3.8) is 0 Å². The lowest BCUT2D eigenvalue weighted by Gasteiger charge is -2.26. The number of hydrogen-bond acceptors (Lipinski definition) is 9. The molecule has 0 aromatic carbocycles. The first-order valence-corrected chi connectivity index (χ1v) is 6.92. The number of aromatic nitrogens is 5. The maximum atomic E-state index is 5.95. The molecule has 1 fully saturated rings. The van der Waals surface area contributed by atoms with Crippen molar-refractivity contribution in [1.82, 2.24) is 25.1 Å². The van der Waals surface area contributed by atoms with E-state index in [1.165, 1.54) is 6.39 Å². The van der Waals surface area contributed by atoms with E-state index in [-0.39, 0.29) is 5.28 Å². The van der Waals surface area contributed by atoms with Crippen LogP contribution in [0.4, 0.5) is 11.9 Å². The summed E-state index contributed by atoms with van der Waals surface area (Å²) in [5.41, 5.74) is 0. The minimum Gasteiger partial charge on any atom is -0.378 e. The van der Waals surface area contributed by atoms with Crippen LogP contribution in [-0.2, 0) is 11.2 Å². The predicted octanol–water partition coefficient (Wildman–Crippen LogP) is 0.399. The molecule has 0 radical (unpaired) electrons. The maximum absolute atomic E-state index is 5.95. The molecule has 0 amide bonds. The number of nitrogens with zero attached hydrogens (tertiary/aromatic N) is 6. The Morgan fingerprint density at radius 3 is 2.86 bits per heavy atom. The third-order valence-corrected chi connectivity index (χ3v) is 3.10. The van der Waals surface area contributed by atoms with Crippen molar-refractivity contribution in [2.24, 2.45) is 0 Å². The number of anilines is 2. The lowest BCUT2D eigenvalue weighted by molar-refractivity contribution is 0.122. The van der Waals surface area contributed by atoms with Crippen LogP contribution in [0.25, 0.3) is 0 Å². The Morgan fingerprint density at radius 1 is 1.24 bits per heavy atom. The molecule has 0 spiro atoms. The summed E-state index contributed by atoms with van der Waals surface area (Å²) < 4.78 is 9.97. The summed E-state index contributed by atoms with van der Waals surface area (Å²) in [5, 5.41) is 6.97. The summed E-state index contributed by atoms with van der Waals surface area (Å²) in [7, 11) is 0. The molecule has 0 atom stereocenters. The lowest BCUT2D eigenvalue weighted by Crippen LogP contribution is -2.37. The van der Waals surface area contributed by atoms with Gasteiger partial charge in [0.15, 0.2) is 5.82 Å². The van der Waals surface area contributed by atoms with Gasteiger partial charge < -0.3 is 19.5 Å². The van der Waals surface area contributed by atoms with Gasteiger partial charge >= 0.3 is 0 Å². The molecular formula is C11H14ClN7O2. The normalized spacial score (nSPS) is 15.2.